The lowest BCUT2D eigenvalue weighted by atomic mass is 10.1. The minimum Gasteiger partial charge on any atom is -0.444 e. The monoisotopic (exact) mass is 374 g/mol. The zero-order valence-corrected chi connectivity index (χ0v) is 16.8. The van der Waals surface area contributed by atoms with E-state index in [0.29, 0.717) is 12.8 Å². The third-order valence-corrected chi connectivity index (χ3v) is 4.38. The highest BCUT2D eigenvalue weighted by Crippen LogP contribution is 2.11. The van der Waals surface area contributed by atoms with Crippen LogP contribution in [0.5, 0.6) is 0 Å². The predicted octanol–water partition coefficient (Wildman–Crippen LogP) is 4.70. The first-order chi connectivity index (χ1) is 13.2. The molecule has 0 saturated heterocycles. The van der Waals surface area contributed by atoms with Crippen molar-refractivity contribution in [2.45, 2.75) is 96.7 Å². The number of esters is 1. The topological polar surface area (TPSA) is 72.3 Å². The standard InChI is InChI=1S/C22H34N2O3/c1-3-5-6-7-8-9-10-11-12-13-19(25)14-15-20(4-2)27-22(26)21-18-23-16-17-24-21/h16-20,25H,3-13H2,1-2H3. The fourth-order valence-corrected chi connectivity index (χ4v) is 2.72. The molecule has 0 aliphatic heterocycles. The third-order valence-electron chi connectivity index (χ3n) is 4.38. The molecule has 2 unspecified atom stereocenters. The van der Waals surface area contributed by atoms with Gasteiger partial charge in [0.1, 0.15) is 6.10 Å². The average Bonchev–Trinajstić information content (AvgIpc) is 2.70. The van der Waals surface area contributed by atoms with Crippen LogP contribution in [0.25, 0.3) is 0 Å². The highest BCUT2D eigenvalue weighted by molar-refractivity contribution is 5.87. The van der Waals surface area contributed by atoms with E-state index in [1.54, 1.807) is 0 Å². The fraction of sp³-hybridized carbons (Fsp3) is 0.682. The molecule has 0 spiro atoms. The molecule has 150 valence electrons. The Labute approximate surface area is 164 Å². The Balaban J connectivity index is 2.20. The second-order valence-electron chi connectivity index (χ2n) is 6.81. The quantitative estimate of drug-likeness (QED) is 0.308. The molecule has 27 heavy (non-hydrogen) atoms. The molecule has 2 atom stereocenters. The van der Waals surface area contributed by atoms with E-state index in [-0.39, 0.29) is 5.69 Å². The molecule has 1 N–H and O–H groups in total. The molecule has 0 aliphatic rings. The van der Waals surface area contributed by atoms with Crippen molar-refractivity contribution in [3.05, 3.63) is 24.3 Å². The maximum Gasteiger partial charge on any atom is 0.359 e. The maximum atomic E-state index is 12.0. The second-order valence-corrected chi connectivity index (χ2v) is 6.81. The fourth-order valence-electron chi connectivity index (χ4n) is 2.72. The van der Waals surface area contributed by atoms with E-state index in [4.69, 9.17) is 4.74 Å². The van der Waals surface area contributed by atoms with Gasteiger partial charge in [-0.05, 0) is 19.3 Å². The van der Waals surface area contributed by atoms with Gasteiger partial charge in [-0.15, -0.1) is 0 Å². The average molecular weight is 375 g/mol. The highest BCUT2D eigenvalue weighted by atomic mass is 16.5. The van der Waals surface area contributed by atoms with E-state index in [1.165, 1.54) is 63.5 Å². The van der Waals surface area contributed by atoms with Gasteiger partial charge in [-0.25, -0.2) is 9.78 Å². The van der Waals surface area contributed by atoms with E-state index in [1.807, 2.05) is 6.92 Å². The molecule has 0 amide bonds. The van der Waals surface area contributed by atoms with Crippen LogP contribution in [0.1, 0.15) is 95.0 Å². The van der Waals surface area contributed by atoms with Crippen LogP contribution in [0.2, 0.25) is 0 Å². The van der Waals surface area contributed by atoms with Crippen molar-refractivity contribution in [1.82, 2.24) is 9.97 Å². The number of carbonyl (C=O) groups excluding carboxylic acids is 1. The summed E-state index contributed by atoms with van der Waals surface area (Å²) in [6.45, 7) is 4.12. The molecule has 1 aromatic heterocycles. The summed E-state index contributed by atoms with van der Waals surface area (Å²) in [6.07, 6.45) is 15.6. The van der Waals surface area contributed by atoms with Gasteiger partial charge in [-0.2, -0.15) is 0 Å². The van der Waals surface area contributed by atoms with Gasteiger partial charge in [0.2, 0.25) is 0 Å². The number of aliphatic hydroxyl groups is 1. The summed E-state index contributed by atoms with van der Waals surface area (Å²) < 4.78 is 5.31. The first-order valence-corrected chi connectivity index (χ1v) is 10.3. The first kappa shape index (κ1) is 23.1. The second kappa shape index (κ2) is 15.2. The van der Waals surface area contributed by atoms with Gasteiger partial charge in [0.05, 0.1) is 6.20 Å². The van der Waals surface area contributed by atoms with Crippen LogP contribution in [-0.4, -0.2) is 33.3 Å². The van der Waals surface area contributed by atoms with Gasteiger partial charge >= 0.3 is 5.97 Å². The lowest BCUT2D eigenvalue weighted by molar-refractivity contribution is 0.0396. The summed E-state index contributed by atoms with van der Waals surface area (Å²) in [7, 11) is 0. The first-order valence-electron chi connectivity index (χ1n) is 10.3. The van der Waals surface area contributed by atoms with Crippen LogP contribution in [0.4, 0.5) is 0 Å². The van der Waals surface area contributed by atoms with Crippen molar-refractivity contribution in [2.24, 2.45) is 0 Å². The Bertz CT molecular complexity index is 566. The van der Waals surface area contributed by atoms with Crippen LogP contribution in [-0.2, 0) is 4.74 Å². The van der Waals surface area contributed by atoms with Crippen molar-refractivity contribution in [3.8, 4) is 11.8 Å². The number of rotatable bonds is 13. The van der Waals surface area contributed by atoms with Gasteiger partial charge in [0.25, 0.3) is 0 Å². The van der Waals surface area contributed by atoms with Crippen LogP contribution in [0, 0.1) is 11.8 Å². The molecule has 0 aromatic carbocycles. The number of carbonyl (C=O) groups is 1. The van der Waals surface area contributed by atoms with Gasteiger partial charge in [-0.1, -0.05) is 77.1 Å². The normalized spacial score (nSPS) is 12.7. The summed E-state index contributed by atoms with van der Waals surface area (Å²) >= 11 is 0. The molecular weight excluding hydrogens is 340 g/mol. The van der Waals surface area contributed by atoms with Crippen LogP contribution in [0.15, 0.2) is 18.6 Å². The predicted molar refractivity (Wildman–Crippen MR) is 107 cm³/mol. The van der Waals surface area contributed by atoms with Crippen molar-refractivity contribution >= 4 is 5.97 Å². The molecule has 0 bridgehead atoms. The van der Waals surface area contributed by atoms with E-state index >= 15 is 0 Å². The van der Waals surface area contributed by atoms with E-state index < -0.39 is 18.2 Å². The molecule has 1 rings (SSSR count). The molecule has 1 aromatic rings. The van der Waals surface area contributed by atoms with Crippen LogP contribution >= 0.6 is 0 Å². The molecule has 5 nitrogen and oxygen atoms in total. The number of unbranched alkanes of at least 4 members (excludes halogenated alkanes) is 8. The van der Waals surface area contributed by atoms with Crippen LogP contribution in [0.3, 0.4) is 0 Å². The molecule has 0 fully saturated rings. The third kappa shape index (κ3) is 11.4. The van der Waals surface area contributed by atoms with Gasteiger partial charge < -0.3 is 9.84 Å². The molecule has 0 radical (unpaired) electrons. The maximum absolute atomic E-state index is 12.0. The van der Waals surface area contributed by atoms with Crippen molar-refractivity contribution in [1.29, 1.82) is 0 Å². The molecule has 5 heteroatoms. The van der Waals surface area contributed by atoms with Crippen molar-refractivity contribution in [3.63, 3.8) is 0 Å². The van der Waals surface area contributed by atoms with Gasteiger partial charge in [-0.3, -0.25) is 4.98 Å². The van der Waals surface area contributed by atoms with E-state index in [2.05, 4.69) is 28.7 Å². The zero-order valence-electron chi connectivity index (χ0n) is 16.8. The van der Waals surface area contributed by atoms with Gasteiger partial charge in [0, 0.05) is 12.4 Å². The minimum atomic E-state index is -0.668. The Hall–Kier alpha value is -1.93. The van der Waals surface area contributed by atoms with Gasteiger partial charge in [0.15, 0.2) is 11.8 Å². The molecule has 0 aliphatic carbocycles. The number of aliphatic hydroxyl groups excluding tert-OH is 1. The Morgan fingerprint density at radius 3 is 2.30 bits per heavy atom. The lowest BCUT2D eigenvalue weighted by Crippen LogP contribution is -2.17. The Morgan fingerprint density at radius 1 is 1.04 bits per heavy atom. The summed E-state index contributed by atoms with van der Waals surface area (Å²) in [4.78, 5) is 19.7. The number of nitrogens with zero attached hydrogens (tertiary/aromatic N) is 2. The summed E-state index contributed by atoms with van der Waals surface area (Å²) in [6, 6.07) is 0. The number of hydrogen-bond acceptors (Lipinski definition) is 5. The summed E-state index contributed by atoms with van der Waals surface area (Å²) in [5.74, 6) is 5.12. The zero-order chi connectivity index (χ0) is 19.7. The minimum absolute atomic E-state index is 0.160. The van der Waals surface area contributed by atoms with Crippen molar-refractivity contribution in [2.75, 3.05) is 0 Å². The van der Waals surface area contributed by atoms with E-state index in [0.717, 1.165) is 12.8 Å². The molecule has 0 saturated carbocycles. The number of hydrogen-bond donors (Lipinski definition) is 1. The SMILES string of the molecule is CCCCCCCCCCCC(O)C#CC(CC)OC(=O)c1cnccn1. The molecular formula is C22H34N2O3. The summed E-state index contributed by atoms with van der Waals surface area (Å²) in [5.41, 5.74) is 0.160. The Morgan fingerprint density at radius 2 is 1.70 bits per heavy atom. The highest BCUT2D eigenvalue weighted by Gasteiger charge is 2.14. The summed E-state index contributed by atoms with van der Waals surface area (Å²) in [5, 5.41) is 10.0. The van der Waals surface area contributed by atoms with Crippen molar-refractivity contribution < 1.29 is 14.6 Å². The lowest BCUT2D eigenvalue weighted by Gasteiger charge is -2.10. The van der Waals surface area contributed by atoms with E-state index in [9.17, 15) is 9.90 Å². The Kier molecular flexibility index (Phi) is 13.0. The smallest absolute Gasteiger partial charge is 0.359 e. The number of aromatic nitrogens is 2. The number of ether oxygens (including phenoxy) is 1. The van der Waals surface area contributed by atoms with Crippen LogP contribution < -0.4 is 0 Å². The largest absolute Gasteiger partial charge is 0.444 e. The molecule has 1 heterocycles.